The number of hydrogen-bond donors (Lipinski definition) is 0. The Kier molecular flexibility index (Phi) is 3.09. The molecule has 0 spiro atoms. The molecule has 0 unspecified atom stereocenters. The van der Waals surface area contributed by atoms with Crippen LogP contribution < -0.4 is 0 Å². The first-order valence-electron chi connectivity index (χ1n) is 3.28. The second-order valence-corrected chi connectivity index (χ2v) is 5.42. The van der Waals surface area contributed by atoms with E-state index in [9.17, 15) is 23.1 Å². The van der Waals surface area contributed by atoms with Crippen LogP contribution >= 0.6 is 10.8 Å². The summed E-state index contributed by atoms with van der Waals surface area (Å²) in [6.07, 6.45) is 0. The highest BCUT2D eigenvalue weighted by Gasteiger charge is 2.05. The molecular formula is C6H4NO5S2-. The van der Waals surface area contributed by atoms with Gasteiger partial charge < -0.3 is 4.55 Å². The Morgan fingerprint density at radius 1 is 1.21 bits per heavy atom. The second kappa shape index (κ2) is 3.95. The third kappa shape index (κ3) is 3.32. The third-order valence-corrected chi connectivity index (χ3v) is 3.10. The molecule has 8 heteroatoms. The van der Waals surface area contributed by atoms with Gasteiger partial charge in [0, 0.05) is 17.0 Å². The van der Waals surface area contributed by atoms with Crippen molar-refractivity contribution in [1.29, 1.82) is 0 Å². The minimum atomic E-state index is -4.41. The lowest BCUT2D eigenvalue weighted by atomic mass is 10.3. The van der Waals surface area contributed by atoms with E-state index in [1.165, 1.54) is 12.1 Å². The number of hydrogen-bond acceptors (Lipinski definition) is 6. The molecule has 1 aromatic carbocycles. The smallest absolute Gasteiger partial charge is 0.269 e. The monoisotopic (exact) mass is 234 g/mol. The summed E-state index contributed by atoms with van der Waals surface area (Å²) in [5.41, 5.74) is -0.155. The Morgan fingerprint density at radius 2 is 1.71 bits per heavy atom. The van der Waals surface area contributed by atoms with Crippen molar-refractivity contribution >= 4 is 25.6 Å². The van der Waals surface area contributed by atoms with Crippen LogP contribution in [0.15, 0.2) is 29.2 Å². The highest BCUT2D eigenvalue weighted by Crippen LogP contribution is 2.24. The molecule has 0 fully saturated rings. The molecule has 1 aromatic rings. The fourth-order valence-electron chi connectivity index (χ4n) is 0.741. The predicted octanol–water partition coefficient (Wildman–Crippen LogP) is 1.15. The summed E-state index contributed by atoms with van der Waals surface area (Å²) in [7, 11) is -4.30. The molecule has 0 aliphatic rings. The van der Waals surface area contributed by atoms with Crippen LogP contribution in [-0.4, -0.2) is 17.9 Å². The zero-order valence-corrected chi connectivity index (χ0v) is 8.25. The molecule has 76 valence electrons. The second-order valence-electron chi connectivity index (χ2n) is 2.24. The summed E-state index contributed by atoms with van der Waals surface area (Å²) in [4.78, 5) is 9.76. The van der Waals surface area contributed by atoms with E-state index in [0.717, 1.165) is 12.1 Å². The topological polar surface area (TPSA) is 100 Å². The van der Waals surface area contributed by atoms with Crippen LogP contribution in [0.2, 0.25) is 0 Å². The van der Waals surface area contributed by atoms with Crippen LogP contribution in [0.25, 0.3) is 0 Å². The summed E-state index contributed by atoms with van der Waals surface area (Å²) in [6.45, 7) is 0. The molecule has 0 saturated carbocycles. The average Bonchev–Trinajstić information content (AvgIpc) is 2.02. The predicted molar refractivity (Wildman–Crippen MR) is 48.7 cm³/mol. The van der Waals surface area contributed by atoms with Crippen molar-refractivity contribution in [3.8, 4) is 0 Å². The first-order valence-corrected chi connectivity index (χ1v) is 6.02. The van der Waals surface area contributed by atoms with E-state index in [-0.39, 0.29) is 21.4 Å². The number of nitro benzene ring substituents is 1. The van der Waals surface area contributed by atoms with Crippen molar-refractivity contribution in [2.45, 2.75) is 4.90 Å². The maximum atomic E-state index is 10.3. The Morgan fingerprint density at radius 3 is 2.07 bits per heavy atom. The molecule has 0 heterocycles. The summed E-state index contributed by atoms with van der Waals surface area (Å²) in [6, 6.07) is 4.68. The molecule has 0 aromatic heterocycles. The normalized spacial score (nSPS) is 11.2. The maximum absolute atomic E-state index is 10.3. The highest BCUT2D eigenvalue weighted by atomic mass is 33.1. The Labute approximate surface area is 83.2 Å². The molecule has 6 nitrogen and oxygen atoms in total. The minimum absolute atomic E-state index is 0.115. The van der Waals surface area contributed by atoms with E-state index in [1.54, 1.807) is 0 Å². The maximum Gasteiger partial charge on any atom is 0.269 e. The Hall–Kier alpha value is -1.12. The van der Waals surface area contributed by atoms with Crippen LogP contribution in [0.3, 0.4) is 0 Å². The van der Waals surface area contributed by atoms with Crippen molar-refractivity contribution in [1.82, 2.24) is 0 Å². The van der Waals surface area contributed by atoms with E-state index in [1.807, 2.05) is 0 Å². The van der Waals surface area contributed by atoms with Crippen molar-refractivity contribution in [3.05, 3.63) is 34.4 Å². The third-order valence-electron chi connectivity index (χ3n) is 1.25. The largest absolute Gasteiger partial charge is 0.739 e. The molecule has 0 atom stereocenters. The van der Waals surface area contributed by atoms with Gasteiger partial charge in [0.05, 0.1) is 4.92 Å². The van der Waals surface area contributed by atoms with Crippen LogP contribution in [0, 0.1) is 10.1 Å². The van der Waals surface area contributed by atoms with E-state index >= 15 is 0 Å². The van der Waals surface area contributed by atoms with Crippen molar-refractivity contribution < 1.29 is 17.9 Å². The van der Waals surface area contributed by atoms with Crippen molar-refractivity contribution in [2.75, 3.05) is 0 Å². The van der Waals surface area contributed by atoms with Crippen LogP contribution in [0.5, 0.6) is 0 Å². The number of rotatable bonds is 3. The molecule has 1 rings (SSSR count). The Bertz CT molecular complexity index is 438. The molecule has 0 bridgehead atoms. The van der Waals surface area contributed by atoms with Crippen molar-refractivity contribution in [3.63, 3.8) is 0 Å². The van der Waals surface area contributed by atoms with Gasteiger partial charge in [-0.3, -0.25) is 10.1 Å². The van der Waals surface area contributed by atoms with Crippen LogP contribution in [-0.2, 0) is 9.15 Å². The van der Waals surface area contributed by atoms with Crippen LogP contribution in [0.1, 0.15) is 0 Å². The average molecular weight is 234 g/mol. The highest BCUT2D eigenvalue weighted by molar-refractivity contribution is 8.69. The van der Waals surface area contributed by atoms with Gasteiger partial charge in [-0.2, -0.15) is 0 Å². The van der Waals surface area contributed by atoms with Gasteiger partial charge in [0.1, 0.15) is 0 Å². The number of nitro groups is 1. The number of nitrogens with zero attached hydrogens (tertiary/aromatic N) is 1. The lowest BCUT2D eigenvalue weighted by Crippen LogP contribution is -1.90. The van der Waals surface area contributed by atoms with Crippen molar-refractivity contribution in [2.24, 2.45) is 0 Å². The standard InChI is InChI=1S/C6H5NO5S2/c8-7(9)5-1-3-6(4-2-5)13-14(10,11)12/h1-4H,(H,10,11,12)/p-1. The van der Waals surface area contributed by atoms with Gasteiger partial charge in [-0.05, 0) is 22.9 Å². The van der Waals surface area contributed by atoms with Gasteiger partial charge in [0.15, 0.2) is 9.15 Å². The first kappa shape index (κ1) is 11.0. The molecular weight excluding hydrogens is 230 g/mol. The molecule has 0 aliphatic carbocycles. The van der Waals surface area contributed by atoms with E-state index in [2.05, 4.69) is 0 Å². The molecule has 0 aliphatic heterocycles. The number of benzene rings is 1. The minimum Gasteiger partial charge on any atom is -0.739 e. The van der Waals surface area contributed by atoms with Gasteiger partial charge in [0.25, 0.3) is 5.69 Å². The van der Waals surface area contributed by atoms with E-state index in [0.29, 0.717) is 0 Å². The van der Waals surface area contributed by atoms with Gasteiger partial charge in [-0.1, -0.05) is 0 Å². The molecule has 0 amide bonds. The van der Waals surface area contributed by atoms with E-state index in [4.69, 9.17) is 0 Å². The lowest BCUT2D eigenvalue weighted by Gasteiger charge is -2.04. The SMILES string of the molecule is O=[N+]([O-])c1ccc(SS(=O)(=O)[O-])cc1. The van der Waals surface area contributed by atoms with Gasteiger partial charge in [0.2, 0.25) is 0 Å². The fourth-order valence-corrected chi connectivity index (χ4v) is 2.26. The summed E-state index contributed by atoms with van der Waals surface area (Å²) >= 11 is 0. The summed E-state index contributed by atoms with van der Waals surface area (Å²) in [5, 5.41) is 10.2. The molecule has 0 radical (unpaired) electrons. The zero-order chi connectivity index (χ0) is 10.8. The first-order chi connectivity index (χ1) is 6.38. The lowest BCUT2D eigenvalue weighted by molar-refractivity contribution is -0.384. The molecule has 0 N–H and O–H groups in total. The van der Waals surface area contributed by atoms with Gasteiger partial charge in [-0.25, -0.2) is 8.42 Å². The van der Waals surface area contributed by atoms with Gasteiger partial charge >= 0.3 is 0 Å². The van der Waals surface area contributed by atoms with Gasteiger partial charge in [-0.15, -0.1) is 0 Å². The summed E-state index contributed by atoms with van der Waals surface area (Å²) in [5.74, 6) is 0. The quantitative estimate of drug-likeness (QED) is 0.336. The Balaban J connectivity index is 2.90. The van der Waals surface area contributed by atoms with E-state index < -0.39 is 14.1 Å². The van der Waals surface area contributed by atoms with Crippen LogP contribution in [0.4, 0.5) is 5.69 Å². The fraction of sp³-hybridized carbons (Fsp3) is 0. The zero-order valence-electron chi connectivity index (χ0n) is 6.61. The number of non-ortho nitro benzene ring substituents is 1. The summed E-state index contributed by atoms with van der Waals surface area (Å²) < 4.78 is 30.9. The molecule has 0 saturated heterocycles. The molecule has 14 heavy (non-hydrogen) atoms.